The first kappa shape index (κ1) is 27.1. The fourth-order valence-corrected chi connectivity index (χ4v) is 4.53. The van der Waals surface area contributed by atoms with E-state index in [9.17, 15) is 4.79 Å². The molecule has 0 aliphatic carbocycles. The van der Waals surface area contributed by atoms with Crippen LogP contribution in [-0.4, -0.2) is 41.1 Å². The molecule has 190 valence electrons. The van der Waals surface area contributed by atoms with Crippen molar-refractivity contribution < 1.29 is 9.59 Å². The molecule has 0 unspecified atom stereocenters. The topological polar surface area (TPSA) is 134 Å². The van der Waals surface area contributed by atoms with Crippen LogP contribution in [0.1, 0.15) is 5.56 Å². The first-order valence-electron chi connectivity index (χ1n) is 11.4. The minimum atomic E-state index is 0.454. The van der Waals surface area contributed by atoms with Gasteiger partial charge in [-0.05, 0) is 41.5 Å². The van der Waals surface area contributed by atoms with Gasteiger partial charge in [-0.3, -0.25) is 5.10 Å². The van der Waals surface area contributed by atoms with Gasteiger partial charge in [0.25, 0.3) is 0 Å². The van der Waals surface area contributed by atoms with E-state index in [1.807, 2.05) is 74.8 Å². The number of H-pyrrole nitrogens is 2. The van der Waals surface area contributed by atoms with Crippen LogP contribution in [0.15, 0.2) is 90.2 Å². The number of fused-ring (bicyclic) bond motifs is 1. The predicted octanol–water partition coefficient (Wildman–Crippen LogP) is 5.15. The van der Waals surface area contributed by atoms with Gasteiger partial charge in [-0.25, -0.2) is 0 Å². The van der Waals surface area contributed by atoms with Crippen molar-refractivity contribution in [2.75, 3.05) is 29.2 Å². The molecule has 0 radical (unpaired) electrons. The number of nitrogens with one attached hydrogen (secondary N) is 2. The van der Waals surface area contributed by atoms with Gasteiger partial charge in [-0.15, -0.1) is 11.8 Å². The summed E-state index contributed by atoms with van der Waals surface area (Å²) in [4.78, 5) is 24.9. The van der Waals surface area contributed by atoms with E-state index >= 15 is 0 Å². The molecule has 0 saturated carbocycles. The molecule has 0 amide bonds. The van der Waals surface area contributed by atoms with Gasteiger partial charge in [-0.1, -0.05) is 36.4 Å². The lowest BCUT2D eigenvalue weighted by atomic mass is 10.1. The summed E-state index contributed by atoms with van der Waals surface area (Å²) in [5, 5.41) is 7.77. The van der Waals surface area contributed by atoms with Crippen LogP contribution in [0.25, 0.3) is 22.0 Å². The Hall–Kier alpha value is -4.50. The van der Waals surface area contributed by atoms with E-state index in [1.54, 1.807) is 6.20 Å². The lowest BCUT2D eigenvalue weighted by molar-refractivity contribution is -0.105. The van der Waals surface area contributed by atoms with E-state index in [-0.39, 0.29) is 0 Å². The van der Waals surface area contributed by atoms with Crippen molar-refractivity contribution >= 4 is 52.8 Å². The fraction of sp³-hybridized carbons (Fsp3) is 0.107. The number of nitrogens with two attached hydrogens (primary N) is 2. The van der Waals surface area contributed by atoms with Crippen LogP contribution in [0, 0.1) is 0 Å². The number of carbonyl (C=O) groups excluding carboxylic acids is 2. The second-order valence-electron chi connectivity index (χ2n) is 8.04. The van der Waals surface area contributed by atoms with E-state index in [0.717, 1.165) is 56.8 Å². The zero-order valence-corrected chi connectivity index (χ0v) is 21.4. The standard InChI is InChI=1S/C16H18N2OS.C11H10N4.CH2O/c1-18(12-13-5-3-2-4-6-13)15-11-14(17)7-8-16(15)20-10-9-19;12-10-6-13-11-2-1-7(3-9(10)11)8-4-14-15-5-8;1-2/h2-9,11H,10,12,17H2,1H3;1-6,13H,12H2,(H,14,15);1H2. The summed E-state index contributed by atoms with van der Waals surface area (Å²) < 4.78 is 0. The Morgan fingerprint density at radius 2 is 1.78 bits per heavy atom. The third-order valence-corrected chi connectivity index (χ3v) is 6.47. The number of rotatable bonds is 7. The number of carbonyl (C=O) groups is 2. The molecule has 0 fully saturated rings. The molecule has 0 atom stereocenters. The Morgan fingerprint density at radius 1 is 1.00 bits per heavy atom. The number of hydrogen-bond acceptors (Lipinski definition) is 7. The number of nitrogens with zero attached hydrogens (tertiary/aromatic N) is 2. The van der Waals surface area contributed by atoms with Gasteiger partial charge < -0.3 is 30.9 Å². The van der Waals surface area contributed by atoms with Crippen LogP contribution in [0.2, 0.25) is 0 Å². The highest BCUT2D eigenvalue weighted by Gasteiger charge is 2.09. The minimum absolute atomic E-state index is 0.454. The summed E-state index contributed by atoms with van der Waals surface area (Å²) in [7, 11) is 2.03. The lowest BCUT2D eigenvalue weighted by Gasteiger charge is -2.22. The Bertz CT molecular complexity index is 1400. The van der Waals surface area contributed by atoms with Gasteiger partial charge in [-0.2, -0.15) is 5.10 Å². The number of aromatic nitrogens is 3. The fourth-order valence-electron chi connectivity index (χ4n) is 3.75. The average Bonchev–Trinajstić information content (AvgIpc) is 3.60. The van der Waals surface area contributed by atoms with Gasteiger partial charge in [0, 0.05) is 53.0 Å². The molecule has 0 aliphatic rings. The Labute approximate surface area is 220 Å². The molecule has 8 nitrogen and oxygen atoms in total. The third kappa shape index (κ3) is 7.25. The van der Waals surface area contributed by atoms with E-state index in [0.29, 0.717) is 5.75 Å². The highest BCUT2D eigenvalue weighted by molar-refractivity contribution is 8.00. The van der Waals surface area contributed by atoms with Crippen molar-refractivity contribution in [1.82, 2.24) is 15.2 Å². The number of aromatic amines is 2. The smallest absolute Gasteiger partial charge is 0.130 e. The summed E-state index contributed by atoms with van der Waals surface area (Å²) in [5.41, 5.74) is 18.8. The molecule has 2 aromatic heterocycles. The summed E-state index contributed by atoms with van der Waals surface area (Å²) in [5.74, 6) is 0.454. The molecule has 0 saturated heterocycles. The highest BCUT2D eigenvalue weighted by atomic mass is 32.2. The molecular weight excluding hydrogens is 484 g/mol. The molecule has 5 rings (SSSR count). The summed E-state index contributed by atoms with van der Waals surface area (Å²) in [6.45, 7) is 2.80. The molecule has 0 aliphatic heterocycles. The lowest BCUT2D eigenvalue weighted by Crippen LogP contribution is -2.17. The number of aldehydes is 1. The molecule has 37 heavy (non-hydrogen) atoms. The second-order valence-corrected chi connectivity index (χ2v) is 9.10. The van der Waals surface area contributed by atoms with Crippen LogP contribution in [-0.2, 0) is 16.1 Å². The molecular formula is C28H30N6O2S. The van der Waals surface area contributed by atoms with Crippen LogP contribution in [0.3, 0.4) is 0 Å². The molecule has 9 heteroatoms. The SMILES string of the molecule is C=O.CN(Cc1ccccc1)c1cc(N)ccc1SCC=O.Nc1c[nH]c2ccc(-c3cn[nH]c3)cc12. The zero-order chi connectivity index (χ0) is 26.6. The van der Waals surface area contributed by atoms with Gasteiger partial charge in [0.2, 0.25) is 0 Å². The monoisotopic (exact) mass is 514 g/mol. The first-order valence-corrected chi connectivity index (χ1v) is 12.4. The minimum Gasteiger partial charge on any atom is -0.399 e. The normalized spacial score (nSPS) is 10.1. The van der Waals surface area contributed by atoms with E-state index in [4.69, 9.17) is 16.3 Å². The van der Waals surface area contributed by atoms with Crippen LogP contribution >= 0.6 is 11.8 Å². The summed E-state index contributed by atoms with van der Waals surface area (Å²) >= 11 is 1.53. The maximum atomic E-state index is 10.6. The van der Waals surface area contributed by atoms with Crippen LogP contribution in [0.4, 0.5) is 17.1 Å². The highest BCUT2D eigenvalue weighted by Crippen LogP contribution is 2.32. The van der Waals surface area contributed by atoms with Crippen molar-refractivity contribution in [2.45, 2.75) is 11.4 Å². The van der Waals surface area contributed by atoms with E-state index in [1.165, 1.54) is 17.3 Å². The predicted molar refractivity (Wildman–Crippen MR) is 154 cm³/mol. The molecule has 6 N–H and O–H groups in total. The van der Waals surface area contributed by atoms with Gasteiger partial charge in [0.1, 0.15) is 13.1 Å². The Balaban J connectivity index is 0.000000199. The molecule has 0 bridgehead atoms. The number of thioether (sulfide) groups is 1. The second kappa shape index (κ2) is 13.6. The third-order valence-electron chi connectivity index (χ3n) is 5.51. The van der Waals surface area contributed by atoms with Gasteiger partial charge in [0.05, 0.1) is 23.3 Å². The summed E-state index contributed by atoms with van der Waals surface area (Å²) in [6.07, 6.45) is 6.39. The van der Waals surface area contributed by atoms with E-state index < -0.39 is 0 Å². The van der Waals surface area contributed by atoms with Crippen LogP contribution < -0.4 is 16.4 Å². The van der Waals surface area contributed by atoms with Crippen molar-refractivity contribution in [1.29, 1.82) is 0 Å². The average molecular weight is 515 g/mol. The molecule has 3 aromatic carbocycles. The number of benzene rings is 3. The maximum absolute atomic E-state index is 10.6. The molecule has 0 spiro atoms. The Kier molecular flexibility index (Phi) is 9.92. The molecule has 2 heterocycles. The van der Waals surface area contributed by atoms with Crippen molar-refractivity contribution in [3.05, 3.63) is 90.9 Å². The number of hydrogen-bond donors (Lipinski definition) is 4. The molecule has 5 aromatic rings. The van der Waals surface area contributed by atoms with Crippen molar-refractivity contribution in [3.63, 3.8) is 0 Å². The quantitative estimate of drug-likeness (QED) is 0.134. The van der Waals surface area contributed by atoms with Crippen LogP contribution in [0.5, 0.6) is 0 Å². The zero-order valence-electron chi connectivity index (χ0n) is 20.6. The largest absolute Gasteiger partial charge is 0.399 e. The van der Waals surface area contributed by atoms with Gasteiger partial charge in [0.15, 0.2) is 0 Å². The van der Waals surface area contributed by atoms with Gasteiger partial charge >= 0.3 is 0 Å². The Morgan fingerprint density at radius 3 is 2.49 bits per heavy atom. The first-order chi connectivity index (χ1) is 18.0. The maximum Gasteiger partial charge on any atom is 0.130 e. The van der Waals surface area contributed by atoms with Crippen molar-refractivity contribution in [2.24, 2.45) is 0 Å². The van der Waals surface area contributed by atoms with E-state index in [2.05, 4.69) is 38.3 Å². The van der Waals surface area contributed by atoms with Crippen molar-refractivity contribution in [3.8, 4) is 11.1 Å². The number of nitrogen functional groups attached to an aromatic ring is 2. The number of anilines is 3. The summed E-state index contributed by atoms with van der Waals surface area (Å²) in [6, 6.07) is 22.2.